The molecule has 1 aromatic rings. The Hall–Kier alpha value is -0.940. The standard InChI is InChI=1S/C13H15ClF3NO/c14-8-6-9(12(18)4-2-1-3-5-12)11(19)10(7-8)13(15,16)17/h6-7,19H,1-5,18H2. The van der Waals surface area contributed by atoms with E-state index in [0.717, 1.165) is 25.3 Å². The molecule has 0 radical (unpaired) electrons. The van der Waals surface area contributed by atoms with Gasteiger partial charge >= 0.3 is 6.18 Å². The molecule has 1 aliphatic carbocycles. The second-order valence-electron chi connectivity index (χ2n) is 5.06. The van der Waals surface area contributed by atoms with Gasteiger partial charge < -0.3 is 10.8 Å². The number of hydrogen-bond acceptors (Lipinski definition) is 2. The highest BCUT2D eigenvalue weighted by atomic mass is 35.5. The van der Waals surface area contributed by atoms with Crippen molar-refractivity contribution in [1.82, 2.24) is 0 Å². The average molecular weight is 294 g/mol. The van der Waals surface area contributed by atoms with E-state index in [-0.39, 0.29) is 10.6 Å². The highest BCUT2D eigenvalue weighted by Gasteiger charge is 2.39. The van der Waals surface area contributed by atoms with Gasteiger partial charge in [-0.2, -0.15) is 13.2 Å². The van der Waals surface area contributed by atoms with Gasteiger partial charge in [-0.1, -0.05) is 30.9 Å². The zero-order chi connectivity index (χ0) is 14.3. The Kier molecular flexibility index (Phi) is 3.71. The van der Waals surface area contributed by atoms with Crippen molar-refractivity contribution >= 4 is 11.6 Å². The topological polar surface area (TPSA) is 46.2 Å². The lowest BCUT2D eigenvalue weighted by Gasteiger charge is -2.35. The van der Waals surface area contributed by atoms with Crippen molar-refractivity contribution in [3.8, 4) is 5.75 Å². The van der Waals surface area contributed by atoms with Crippen LogP contribution in [0.3, 0.4) is 0 Å². The van der Waals surface area contributed by atoms with Crippen LogP contribution in [0.1, 0.15) is 43.2 Å². The Balaban J connectivity index is 2.54. The molecule has 0 atom stereocenters. The summed E-state index contributed by atoms with van der Waals surface area (Å²) in [6, 6.07) is 2.07. The SMILES string of the molecule is NC1(c2cc(Cl)cc(C(F)(F)F)c2O)CCCCC1. The first-order valence-corrected chi connectivity index (χ1v) is 6.51. The number of aromatic hydroxyl groups is 1. The number of phenolic OH excluding ortho intramolecular Hbond substituents is 1. The molecule has 0 aromatic heterocycles. The van der Waals surface area contributed by atoms with Crippen molar-refractivity contribution in [3.63, 3.8) is 0 Å². The van der Waals surface area contributed by atoms with Crippen LogP contribution in [0.15, 0.2) is 12.1 Å². The molecule has 19 heavy (non-hydrogen) atoms. The van der Waals surface area contributed by atoms with Gasteiger partial charge in [0.1, 0.15) is 5.75 Å². The van der Waals surface area contributed by atoms with Crippen molar-refractivity contribution in [3.05, 3.63) is 28.3 Å². The van der Waals surface area contributed by atoms with Gasteiger partial charge in [0.15, 0.2) is 0 Å². The Bertz CT molecular complexity index is 482. The van der Waals surface area contributed by atoms with E-state index < -0.39 is 23.0 Å². The quantitative estimate of drug-likeness (QED) is 0.816. The average Bonchev–Trinajstić information content (AvgIpc) is 2.31. The summed E-state index contributed by atoms with van der Waals surface area (Å²) in [5.74, 6) is -0.790. The lowest BCUT2D eigenvalue weighted by molar-refractivity contribution is -0.138. The largest absolute Gasteiger partial charge is 0.507 e. The van der Waals surface area contributed by atoms with E-state index >= 15 is 0 Å². The van der Waals surface area contributed by atoms with Gasteiger partial charge in [-0.25, -0.2) is 0 Å². The lowest BCUT2D eigenvalue weighted by atomic mass is 9.76. The maximum absolute atomic E-state index is 12.8. The number of hydrogen-bond donors (Lipinski definition) is 2. The molecular formula is C13H15ClF3NO. The summed E-state index contributed by atoms with van der Waals surface area (Å²) in [5.41, 5.74) is 4.24. The molecule has 0 bridgehead atoms. The Morgan fingerprint density at radius 1 is 1.16 bits per heavy atom. The van der Waals surface area contributed by atoms with Crippen LogP contribution in [0.2, 0.25) is 5.02 Å². The molecular weight excluding hydrogens is 279 g/mol. The molecule has 2 nitrogen and oxygen atoms in total. The summed E-state index contributed by atoms with van der Waals surface area (Å²) >= 11 is 5.74. The Labute approximate surface area is 114 Å². The maximum Gasteiger partial charge on any atom is 0.420 e. The van der Waals surface area contributed by atoms with Crippen LogP contribution < -0.4 is 5.73 Å². The number of alkyl halides is 3. The lowest BCUT2D eigenvalue weighted by Crippen LogP contribution is -2.39. The molecule has 6 heteroatoms. The third-order valence-electron chi connectivity index (χ3n) is 3.66. The zero-order valence-electron chi connectivity index (χ0n) is 10.2. The molecule has 0 saturated heterocycles. The highest BCUT2D eigenvalue weighted by molar-refractivity contribution is 6.30. The van der Waals surface area contributed by atoms with Crippen LogP contribution >= 0.6 is 11.6 Å². The summed E-state index contributed by atoms with van der Waals surface area (Å²) < 4.78 is 38.5. The van der Waals surface area contributed by atoms with Gasteiger partial charge in [0.25, 0.3) is 0 Å². The van der Waals surface area contributed by atoms with Crippen molar-refractivity contribution in [2.24, 2.45) is 5.73 Å². The minimum Gasteiger partial charge on any atom is -0.507 e. The van der Waals surface area contributed by atoms with E-state index in [9.17, 15) is 18.3 Å². The van der Waals surface area contributed by atoms with Crippen LogP contribution in [-0.4, -0.2) is 5.11 Å². The first-order chi connectivity index (χ1) is 8.74. The van der Waals surface area contributed by atoms with Crippen molar-refractivity contribution < 1.29 is 18.3 Å². The molecule has 0 heterocycles. The number of rotatable bonds is 1. The predicted molar refractivity (Wildman–Crippen MR) is 67.1 cm³/mol. The van der Waals surface area contributed by atoms with Crippen molar-refractivity contribution in [2.75, 3.05) is 0 Å². The van der Waals surface area contributed by atoms with Gasteiger partial charge in [-0.15, -0.1) is 0 Å². The van der Waals surface area contributed by atoms with Gasteiger partial charge in [0.2, 0.25) is 0 Å². The van der Waals surface area contributed by atoms with Gasteiger partial charge in [0.05, 0.1) is 5.56 Å². The normalized spacial score (nSPS) is 19.4. The molecule has 1 saturated carbocycles. The smallest absolute Gasteiger partial charge is 0.420 e. The number of nitrogens with two attached hydrogens (primary N) is 1. The van der Waals surface area contributed by atoms with E-state index in [2.05, 4.69) is 0 Å². The number of benzene rings is 1. The molecule has 0 amide bonds. The molecule has 2 rings (SSSR count). The minimum atomic E-state index is -4.64. The summed E-state index contributed by atoms with van der Waals surface area (Å²) in [7, 11) is 0. The monoisotopic (exact) mass is 293 g/mol. The molecule has 1 aliphatic rings. The fourth-order valence-corrected chi connectivity index (χ4v) is 2.87. The third-order valence-corrected chi connectivity index (χ3v) is 3.88. The fourth-order valence-electron chi connectivity index (χ4n) is 2.65. The van der Waals surface area contributed by atoms with Crippen molar-refractivity contribution in [2.45, 2.75) is 43.8 Å². The molecule has 3 N–H and O–H groups in total. The molecule has 0 spiro atoms. The summed E-state index contributed by atoms with van der Waals surface area (Å²) in [6.45, 7) is 0. The van der Waals surface area contributed by atoms with E-state index in [1.165, 1.54) is 6.07 Å². The Morgan fingerprint density at radius 3 is 2.26 bits per heavy atom. The first-order valence-electron chi connectivity index (χ1n) is 6.13. The third kappa shape index (κ3) is 2.82. The van der Waals surface area contributed by atoms with E-state index in [1.54, 1.807) is 0 Å². The van der Waals surface area contributed by atoms with Crippen molar-refractivity contribution in [1.29, 1.82) is 0 Å². The molecule has 0 unspecified atom stereocenters. The Morgan fingerprint density at radius 2 is 1.74 bits per heavy atom. The predicted octanol–water partition coefficient (Wildman–Crippen LogP) is 4.18. The molecule has 1 fully saturated rings. The summed E-state index contributed by atoms with van der Waals surface area (Å²) in [4.78, 5) is 0. The minimum absolute atomic E-state index is 0.0597. The van der Waals surface area contributed by atoms with Crippen LogP contribution in [0.25, 0.3) is 0 Å². The fraction of sp³-hybridized carbons (Fsp3) is 0.538. The number of phenols is 1. The molecule has 1 aromatic carbocycles. The van der Waals surface area contributed by atoms with Crippen LogP contribution in [-0.2, 0) is 11.7 Å². The molecule has 0 aliphatic heterocycles. The van der Waals surface area contributed by atoms with Gasteiger partial charge in [-0.05, 0) is 25.0 Å². The van der Waals surface area contributed by atoms with Gasteiger partial charge in [-0.3, -0.25) is 0 Å². The first kappa shape index (κ1) is 14.5. The van der Waals surface area contributed by atoms with E-state index in [1.807, 2.05) is 0 Å². The highest BCUT2D eigenvalue weighted by Crippen LogP contribution is 2.45. The zero-order valence-corrected chi connectivity index (χ0v) is 11.0. The molecule has 106 valence electrons. The van der Waals surface area contributed by atoms with E-state index in [4.69, 9.17) is 17.3 Å². The summed E-state index contributed by atoms with van der Waals surface area (Å²) in [5, 5.41) is 9.85. The number of halogens is 4. The second-order valence-corrected chi connectivity index (χ2v) is 5.50. The van der Waals surface area contributed by atoms with Crippen LogP contribution in [0.4, 0.5) is 13.2 Å². The van der Waals surface area contributed by atoms with Crippen LogP contribution in [0, 0.1) is 0 Å². The van der Waals surface area contributed by atoms with Crippen LogP contribution in [0.5, 0.6) is 5.75 Å². The van der Waals surface area contributed by atoms with E-state index in [0.29, 0.717) is 12.8 Å². The van der Waals surface area contributed by atoms with Gasteiger partial charge in [0, 0.05) is 16.1 Å². The maximum atomic E-state index is 12.8. The summed E-state index contributed by atoms with van der Waals surface area (Å²) in [6.07, 6.45) is -0.856. The second kappa shape index (κ2) is 4.87.